The second kappa shape index (κ2) is 9.30. The molecular weight excluding hydrogens is 346 g/mol. The van der Waals surface area contributed by atoms with E-state index in [1.807, 2.05) is 6.07 Å². The molecule has 0 aromatic heterocycles. The normalized spacial score (nSPS) is 11.3. The van der Waals surface area contributed by atoms with Crippen molar-refractivity contribution >= 4 is 11.7 Å². The minimum absolute atomic E-state index is 0.0473. The van der Waals surface area contributed by atoms with Crippen molar-refractivity contribution in [3.8, 4) is 29.1 Å². The zero-order chi connectivity index (χ0) is 18.9. The van der Waals surface area contributed by atoms with Gasteiger partial charge in [0.2, 0.25) is 12.7 Å². The van der Waals surface area contributed by atoms with Crippen LogP contribution >= 0.6 is 0 Å². The fourth-order valence-electron chi connectivity index (χ4n) is 2.43. The molecule has 6 nitrogen and oxygen atoms in total. The van der Waals surface area contributed by atoms with Crippen LogP contribution in [0.25, 0.3) is 0 Å². The molecular formula is C21H19NO5. The molecule has 0 unspecified atom stereocenters. The van der Waals surface area contributed by atoms with Gasteiger partial charge in [0, 0.05) is 24.5 Å². The summed E-state index contributed by atoms with van der Waals surface area (Å²) in [6.07, 6.45) is 0.319. The fourth-order valence-corrected chi connectivity index (χ4v) is 2.43. The highest BCUT2D eigenvalue weighted by molar-refractivity contribution is 5.97. The van der Waals surface area contributed by atoms with Gasteiger partial charge in [-0.1, -0.05) is 42.2 Å². The molecule has 0 saturated heterocycles. The number of carbonyl (C=O) groups is 2. The summed E-state index contributed by atoms with van der Waals surface area (Å²) in [5, 5.41) is 2.67. The lowest BCUT2D eigenvalue weighted by Crippen LogP contribution is -2.24. The molecule has 0 aliphatic carbocycles. The third kappa shape index (κ3) is 5.51. The summed E-state index contributed by atoms with van der Waals surface area (Å²) in [7, 11) is 0. The Morgan fingerprint density at radius 3 is 2.67 bits per heavy atom. The van der Waals surface area contributed by atoms with Crippen LogP contribution in [0, 0.1) is 11.8 Å². The van der Waals surface area contributed by atoms with Gasteiger partial charge >= 0.3 is 0 Å². The third-order valence-electron chi connectivity index (χ3n) is 3.83. The van der Waals surface area contributed by atoms with Crippen molar-refractivity contribution < 1.29 is 23.8 Å². The topological polar surface area (TPSA) is 73.9 Å². The van der Waals surface area contributed by atoms with Crippen LogP contribution in [0.1, 0.15) is 23.2 Å². The van der Waals surface area contributed by atoms with Gasteiger partial charge in [0.15, 0.2) is 17.3 Å². The van der Waals surface area contributed by atoms with Gasteiger partial charge in [-0.3, -0.25) is 9.59 Å². The number of amides is 1. The molecule has 1 aliphatic rings. The lowest BCUT2D eigenvalue weighted by Gasteiger charge is -2.03. The summed E-state index contributed by atoms with van der Waals surface area (Å²) in [5.41, 5.74) is 0.616. The number of ether oxygens (including phenoxy) is 3. The molecule has 6 heteroatoms. The quantitative estimate of drug-likeness (QED) is 0.603. The molecule has 0 bridgehead atoms. The second-order valence-corrected chi connectivity index (χ2v) is 5.72. The van der Waals surface area contributed by atoms with Crippen molar-refractivity contribution in [2.75, 3.05) is 19.9 Å². The van der Waals surface area contributed by atoms with Crippen LogP contribution in [-0.2, 0) is 4.79 Å². The van der Waals surface area contributed by atoms with E-state index in [0.717, 1.165) is 0 Å². The zero-order valence-corrected chi connectivity index (χ0v) is 14.7. The summed E-state index contributed by atoms with van der Waals surface area (Å²) in [4.78, 5) is 23.7. The van der Waals surface area contributed by atoms with Crippen LogP contribution in [0.4, 0.5) is 0 Å². The maximum Gasteiger partial charge on any atom is 0.231 e. The Bertz CT molecular complexity index is 867. The Hall–Kier alpha value is -3.46. The third-order valence-corrected chi connectivity index (χ3v) is 3.83. The average molecular weight is 365 g/mol. The fraction of sp³-hybridized carbons (Fsp3) is 0.238. The Morgan fingerprint density at radius 2 is 1.81 bits per heavy atom. The molecule has 1 aliphatic heterocycles. The number of carbonyl (C=O) groups excluding carboxylic acids is 2. The molecule has 0 saturated carbocycles. The van der Waals surface area contributed by atoms with E-state index in [4.69, 9.17) is 14.2 Å². The van der Waals surface area contributed by atoms with Crippen molar-refractivity contribution in [2.45, 2.75) is 12.8 Å². The van der Waals surface area contributed by atoms with E-state index < -0.39 is 0 Å². The van der Waals surface area contributed by atoms with Crippen molar-refractivity contribution in [1.29, 1.82) is 0 Å². The zero-order valence-electron chi connectivity index (χ0n) is 14.7. The number of hydrogen-bond donors (Lipinski definition) is 1. The van der Waals surface area contributed by atoms with E-state index in [0.29, 0.717) is 22.8 Å². The van der Waals surface area contributed by atoms with E-state index in [1.165, 1.54) is 0 Å². The number of benzene rings is 2. The highest BCUT2D eigenvalue weighted by Gasteiger charge is 2.13. The van der Waals surface area contributed by atoms with Crippen molar-refractivity contribution in [1.82, 2.24) is 5.32 Å². The number of hydrogen-bond acceptors (Lipinski definition) is 5. The monoisotopic (exact) mass is 365 g/mol. The van der Waals surface area contributed by atoms with Crippen molar-refractivity contribution in [3.63, 3.8) is 0 Å². The molecule has 1 heterocycles. The van der Waals surface area contributed by atoms with Crippen LogP contribution in [0.2, 0.25) is 0 Å². The van der Waals surface area contributed by atoms with Gasteiger partial charge in [0.25, 0.3) is 0 Å². The molecule has 138 valence electrons. The number of ketones is 1. The van der Waals surface area contributed by atoms with Gasteiger partial charge in [-0.2, -0.15) is 0 Å². The smallest absolute Gasteiger partial charge is 0.231 e. The molecule has 2 aromatic rings. The Kier molecular flexibility index (Phi) is 6.31. The minimum Gasteiger partial charge on any atom is -0.481 e. The van der Waals surface area contributed by atoms with Crippen molar-refractivity contribution in [2.24, 2.45) is 0 Å². The van der Waals surface area contributed by atoms with Crippen LogP contribution < -0.4 is 19.5 Å². The summed E-state index contributed by atoms with van der Waals surface area (Å²) in [5.74, 6) is 7.36. The first-order valence-corrected chi connectivity index (χ1v) is 8.55. The van der Waals surface area contributed by atoms with E-state index >= 15 is 0 Å². The van der Waals surface area contributed by atoms with Crippen molar-refractivity contribution in [3.05, 3.63) is 54.1 Å². The standard InChI is InChI=1S/C21H19NO5/c23-18(16-6-2-1-3-7-16)9-11-21(24)22-12-4-5-13-25-17-8-10-19-20(14-17)27-15-26-19/h1-3,6-8,10,14H,9,11-13,15H2,(H,22,24). The Morgan fingerprint density at radius 1 is 1.00 bits per heavy atom. The lowest BCUT2D eigenvalue weighted by molar-refractivity contribution is -0.120. The lowest BCUT2D eigenvalue weighted by atomic mass is 10.1. The SMILES string of the molecule is O=C(CCC(=O)c1ccccc1)NCC#CCOc1ccc2c(c1)OCO2. The molecule has 2 aromatic carbocycles. The van der Waals surface area contributed by atoms with E-state index in [2.05, 4.69) is 17.2 Å². The van der Waals surface area contributed by atoms with Crippen LogP contribution in [0.15, 0.2) is 48.5 Å². The second-order valence-electron chi connectivity index (χ2n) is 5.72. The van der Waals surface area contributed by atoms with Gasteiger partial charge < -0.3 is 19.5 Å². The summed E-state index contributed by atoms with van der Waals surface area (Å²) >= 11 is 0. The number of nitrogens with one attached hydrogen (secondary N) is 1. The van der Waals surface area contributed by atoms with Crippen LogP contribution in [0.3, 0.4) is 0 Å². The highest BCUT2D eigenvalue weighted by Crippen LogP contribution is 2.34. The van der Waals surface area contributed by atoms with Gasteiger partial charge in [-0.15, -0.1) is 0 Å². The molecule has 0 atom stereocenters. The summed E-state index contributed by atoms with van der Waals surface area (Å²) in [6, 6.07) is 14.2. The Balaban J connectivity index is 1.32. The molecule has 0 radical (unpaired) electrons. The summed E-state index contributed by atoms with van der Waals surface area (Å²) < 4.78 is 16.0. The van der Waals surface area contributed by atoms with Gasteiger partial charge in [0.05, 0.1) is 6.54 Å². The largest absolute Gasteiger partial charge is 0.481 e. The maximum absolute atomic E-state index is 11.9. The highest BCUT2D eigenvalue weighted by atomic mass is 16.7. The molecule has 3 rings (SSSR count). The van der Waals surface area contributed by atoms with Gasteiger partial charge in [-0.05, 0) is 12.1 Å². The molecule has 27 heavy (non-hydrogen) atoms. The molecule has 1 N–H and O–H groups in total. The first kappa shape index (κ1) is 18.3. The van der Waals surface area contributed by atoms with Gasteiger partial charge in [0.1, 0.15) is 12.4 Å². The van der Waals surface area contributed by atoms with Crippen LogP contribution in [0.5, 0.6) is 17.2 Å². The van der Waals surface area contributed by atoms with Crippen LogP contribution in [-0.4, -0.2) is 31.6 Å². The van der Waals surface area contributed by atoms with E-state index in [-0.39, 0.29) is 44.5 Å². The number of fused-ring (bicyclic) bond motifs is 1. The first-order valence-electron chi connectivity index (χ1n) is 8.55. The molecule has 1 amide bonds. The maximum atomic E-state index is 11.9. The van der Waals surface area contributed by atoms with E-state index in [9.17, 15) is 9.59 Å². The minimum atomic E-state index is -0.203. The first-order chi connectivity index (χ1) is 13.2. The number of Topliss-reactive ketones (excluding diaryl/α,β-unsaturated/α-hetero) is 1. The number of rotatable bonds is 7. The molecule has 0 spiro atoms. The summed E-state index contributed by atoms with van der Waals surface area (Å²) in [6.45, 7) is 0.625. The van der Waals surface area contributed by atoms with Gasteiger partial charge in [-0.25, -0.2) is 0 Å². The van der Waals surface area contributed by atoms with E-state index in [1.54, 1.807) is 42.5 Å². The predicted octanol–water partition coefficient (Wildman–Crippen LogP) is 2.58. The Labute approximate surface area is 157 Å². The average Bonchev–Trinajstić information content (AvgIpc) is 3.17. The molecule has 0 fully saturated rings. The predicted molar refractivity (Wildman–Crippen MR) is 98.9 cm³/mol.